The summed E-state index contributed by atoms with van der Waals surface area (Å²) in [6.45, 7) is 5.38. The predicted molar refractivity (Wildman–Crippen MR) is 122 cm³/mol. The number of ketones is 1. The Bertz CT molecular complexity index is 1130. The molecule has 1 aliphatic rings. The molecule has 2 aromatic carbocycles. The van der Waals surface area contributed by atoms with Crippen molar-refractivity contribution in [2.45, 2.75) is 20.3 Å². The quantitative estimate of drug-likeness (QED) is 0.585. The first-order chi connectivity index (χ1) is 14.5. The predicted octanol–water partition coefficient (Wildman–Crippen LogP) is 4.80. The van der Waals surface area contributed by atoms with Crippen LogP contribution in [-0.2, 0) is 0 Å². The van der Waals surface area contributed by atoms with Gasteiger partial charge in [0, 0.05) is 29.7 Å². The Balaban J connectivity index is 1.71. The number of aryl methyl sites for hydroxylation is 2. The smallest absolute Gasteiger partial charge is 0.167 e. The van der Waals surface area contributed by atoms with Gasteiger partial charge in [-0.05, 0) is 32.1 Å². The second kappa shape index (κ2) is 8.67. The third kappa shape index (κ3) is 4.21. The van der Waals surface area contributed by atoms with Crippen molar-refractivity contribution in [2.24, 2.45) is 4.99 Å². The molecule has 0 fully saturated rings. The fourth-order valence-electron chi connectivity index (χ4n) is 3.42. The molecule has 152 valence electrons. The standard InChI is InChI=1S/C24H23ClN4O/c1-16-8-10-18(11-9-16)22(30)15-19(24-26-12-13-27-24)14-21-17(2)28-29(23(21)25)20-6-4-3-5-7-20/h3-11,14H,12-13,15H2,1-2H3,(H,26,27). The topological polar surface area (TPSA) is 59.3 Å². The summed E-state index contributed by atoms with van der Waals surface area (Å²) in [5.74, 6) is 0.792. The number of nitrogens with zero attached hydrogens (tertiary/aromatic N) is 3. The molecule has 0 saturated heterocycles. The molecule has 5 nitrogen and oxygen atoms in total. The van der Waals surface area contributed by atoms with Gasteiger partial charge in [-0.1, -0.05) is 59.6 Å². The molecular weight excluding hydrogens is 396 g/mol. The fraction of sp³-hybridized carbons (Fsp3) is 0.208. The number of aromatic nitrogens is 2. The molecule has 1 aliphatic heterocycles. The number of hydrogen-bond donors (Lipinski definition) is 1. The van der Waals surface area contributed by atoms with Crippen molar-refractivity contribution in [1.29, 1.82) is 0 Å². The van der Waals surface area contributed by atoms with Gasteiger partial charge in [-0.2, -0.15) is 5.10 Å². The zero-order valence-corrected chi connectivity index (χ0v) is 17.8. The van der Waals surface area contributed by atoms with E-state index in [0.29, 0.717) is 17.3 Å². The number of benzene rings is 2. The van der Waals surface area contributed by atoms with Crippen LogP contribution in [-0.4, -0.2) is 34.5 Å². The summed E-state index contributed by atoms with van der Waals surface area (Å²) in [5.41, 5.74) is 5.11. The van der Waals surface area contributed by atoms with Gasteiger partial charge in [0.2, 0.25) is 0 Å². The van der Waals surface area contributed by atoms with Gasteiger partial charge < -0.3 is 5.32 Å². The van der Waals surface area contributed by atoms with Crippen molar-refractivity contribution < 1.29 is 4.79 Å². The molecule has 1 N–H and O–H groups in total. The summed E-state index contributed by atoms with van der Waals surface area (Å²) in [6.07, 6.45) is 2.18. The monoisotopic (exact) mass is 418 g/mol. The molecule has 2 heterocycles. The molecule has 6 heteroatoms. The highest BCUT2D eigenvalue weighted by atomic mass is 35.5. The highest BCUT2D eigenvalue weighted by Gasteiger charge is 2.19. The van der Waals surface area contributed by atoms with E-state index >= 15 is 0 Å². The van der Waals surface area contributed by atoms with Gasteiger partial charge in [0.15, 0.2) is 5.78 Å². The van der Waals surface area contributed by atoms with Gasteiger partial charge in [-0.3, -0.25) is 9.79 Å². The van der Waals surface area contributed by atoms with Crippen molar-refractivity contribution in [3.05, 3.63) is 87.7 Å². The Morgan fingerprint density at radius 3 is 2.53 bits per heavy atom. The molecule has 0 aliphatic carbocycles. The first-order valence-corrected chi connectivity index (χ1v) is 10.3. The molecule has 0 atom stereocenters. The molecule has 30 heavy (non-hydrogen) atoms. The average Bonchev–Trinajstić information content (AvgIpc) is 3.38. The van der Waals surface area contributed by atoms with Crippen LogP contribution in [0, 0.1) is 13.8 Å². The van der Waals surface area contributed by atoms with Crippen molar-refractivity contribution >= 4 is 29.3 Å². The van der Waals surface area contributed by atoms with E-state index in [1.54, 1.807) is 4.68 Å². The van der Waals surface area contributed by atoms with Crippen LogP contribution >= 0.6 is 11.6 Å². The molecule has 0 saturated carbocycles. The van der Waals surface area contributed by atoms with E-state index in [1.807, 2.05) is 74.5 Å². The lowest BCUT2D eigenvalue weighted by Crippen LogP contribution is -2.22. The Kier molecular flexibility index (Phi) is 5.81. The summed E-state index contributed by atoms with van der Waals surface area (Å²) in [6, 6.07) is 17.4. The highest BCUT2D eigenvalue weighted by molar-refractivity contribution is 6.31. The van der Waals surface area contributed by atoms with E-state index in [2.05, 4.69) is 15.4 Å². The number of carbonyl (C=O) groups is 1. The lowest BCUT2D eigenvalue weighted by Gasteiger charge is -2.09. The van der Waals surface area contributed by atoms with Crippen LogP contribution in [0.15, 0.2) is 65.2 Å². The van der Waals surface area contributed by atoms with E-state index in [-0.39, 0.29) is 12.2 Å². The van der Waals surface area contributed by atoms with Crippen molar-refractivity contribution in [1.82, 2.24) is 15.1 Å². The third-order valence-electron chi connectivity index (χ3n) is 5.07. The van der Waals surface area contributed by atoms with Crippen LogP contribution in [0.5, 0.6) is 0 Å². The number of hydrogen-bond acceptors (Lipinski definition) is 4. The normalized spacial score (nSPS) is 13.8. The van der Waals surface area contributed by atoms with Gasteiger partial charge in [0.25, 0.3) is 0 Å². The molecule has 3 aromatic rings. The maximum Gasteiger partial charge on any atom is 0.167 e. The Morgan fingerprint density at radius 1 is 1.13 bits per heavy atom. The summed E-state index contributed by atoms with van der Waals surface area (Å²) >= 11 is 6.70. The van der Waals surface area contributed by atoms with Crippen LogP contribution in [0.25, 0.3) is 11.8 Å². The van der Waals surface area contributed by atoms with Crippen LogP contribution in [0.4, 0.5) is 0 Å². The maximum absolute atomic E-state index is 12.9. The van der Waals surface area contributed by atoms with Crippen molar-refractivity contribution in [2.75, 3.05) is 13.1 Å². The lowest BCUT2D eigenvalue weighted by molar-refractivity contribution is 0.0994. The summed E-state index contributed by atoms with van der Waals surface area (Å²) in [5, 5.41) is 8.39. The summed E-state index contributed by atoms with van der Waals surface area (Å²) in [7, 11) is 0. The fourth-order valence-corrected chi connectivity index (χ4v) is 3.75. The van der Waals surface area contributed by atoms with E-state index in [1.165, 1.54) is 0 Å². The zero-order chi connectivity index (χ0) is 21.1. The second-order valence-corrected chi connectivity index (χ2v) is 7.69. The van der Waals surface area contributed by atoms with Crippen LogP contribution in [0.3, 0.4) is 0 Å². The molecule has 0 amide bonds. The SMILES string of the molecule is Cc1ccc(C(=O)CC(=Cc2c(C)nn(-c3ccccc3)c2Cl)C2=NCCN2)cc1. The summed E-state index contributed by atoms with van der Waals surface area (Å²) < 4.78 is 1.71. The van der Waals surface area contributed by atoms with Gasteiger partial charge >= 0.3 is 0 Å². The Morgan fingerprint density at radius 2 is 1.87 bits per heavy atom. The zero-order valence-electron chi connectivity index (χ0n) is 17.0. The average molecular weight is 419 g/mol. The minimum Gasteiger partial charge on any atom is -0.368 e. The molecule has 0 bridgehead atoms. The molecule has 0 unspecified atom stereocenters. The van der Waals surface area contributed by atoms with Crippen LogP contribution in [0.1, 0.15) is 33.6 Å². The van der Waals surface area contributed by atoms with Gasteiger partial charge in [-0.15, -0.1) is 0 Å². The molecule has 0 radical (unpaired) electrons. The number of aliphatic imine (C=N–C) groups is 1. The first kappa shape index (κ1) is 20.1. The Labute approximate surface area is 181 Å². The number of halogens is 1. The van der Waals surface area contributed by atoms with E-state index < -0.39 is 0 Å². The molecule has 0 spiro atoms. The van der Waals surface area contributed by atoms with E-state index in [4.69, 9.17) is 11.6 Å². The maximum atomic E-state index is 12.9. The van der Waals surface area contributed by atoms with Crippen LogP contribution < -0.4 is 5.32 Å². The molecular formula is C24H23ClN4O. The number of para-hydroxylation sites is 1. The van der Waals surface area contributed by atoms with Crippen molar-refractivity contribution in [3.8, 4) is 5.69 Å². The first-order valence-electron chi connectivity index (χ1n) is 9.92. The number of nitrogens with one attached hydrogen (secondary N) is 1. The summed E-state index contributed by atoms with van der Waals surface area (Å²) in [4.78, 5) is 17.5. The number of amidine groups is 1. The largest absolute Gasteiger partial charge is 0.368 e. The second-order valence-electron chi connectivity index (χ2n) is 7.33. The van der Waals surface area contributed by atoms with E-state index in [0.717, 1.165) is 40.5 Å². The lowest BCUT2D eigenvalue weighted by atomic mass is 9.99. The highest BCUT2D eigenvalue weighted by Crippen LogP contribution is 2.27. The minimum atomic E-state index is 0.0434. The number of carbonyl (C=O) groups excluding carboxylic acids is 1. The van der Waals surface area contributed by atoms with Gasteiger partial charge in [-0.25, -0.2) is 4.68 Å². The third-order valence-corrected chi connectivity index (χ3v) is 5.43. The molecule has 4 rings (SSSR count). The van der Waals surface area contributed by atoms with Crippen molar-refractivity contribution in [3.63, 3.8) is 0 Å². The number of Topliss-reactive ketones (excluding diaryl/α,β-unsaturated/α-hetero) is 1. The molecule has 1 aromatic heterocycles. The number of rotatable bonds is 6. The van der Waals surface area contributed by atoms with E-state index in [9.17, 15) is 4.79 Å². The Hall–Kier alpha value is -3.18. The van der Waals surface area contributed by atoms with Crippen LogP contribution in [0.2, 0.25) is 5.15 Å². The van der Waals surface area contributed by atoms with Gasteiger partial charge in [0.1, 0.15) is 11.0 Å². The van der Waals surface area contributed by atoms with Gasteiger partial charge in [0.05, 0.1) is 17.9 Å². The minimum absolute atomic E-state index is 0.0434.